The molecule has 2 heterocycles. The molecule has 0 bridgehead atoms. The maximum absolute atomic E-state index is 14.5. The third kappa shape index (κ3) is 2.47. The number of hydrogen-bond donors (Lipinski definition) is 0. The normalized spacial score (nSPS) is 26.0. The van der Waals surface area contributed by atoms with E-state index in [1.807, 2.05) is 6.08 Å². The Kier molecular flexibility index (Phi) is 3.57. The van der Waals surface area contributed by atoms with Crippen LogP contribution in [0.2, 0.25) is 0 Å². The van der Waals surface area contributed by atoms with Crippen LogP contribution in [0.4, 0.5) is 8.78 Å². The van der Waals surface area contributed by atoms with Crippen LogP contribution < -0.4 is 0 Å². The Morgan fingerprint density at radius 3 is 2.96 bits per heavy atom. The highest BCUT2D eigenvalue weighted by molar-refractivity contribution is 5.43. The molecule has 1 aliphatic carbocycles. The van der Waals surface area contributed by atoms with Crippen molar-refractivity contribution < 1.29 is 13.5 Å². The highest BCUT2D eigenvalue weighted by atomic mass is 19.1. The standard InChI is InChI=1S/C18H17F2N3O/c1-12-4-2-3-5-14(12)17-18(24-17,9-23-11-21-10-22-23)15-7-6-13(19)8-16(15)20/h3,5-8,10-11,17H,2,4,9H2,1H3/t17-,18-/m1/s1. The Morgan fingerprint density at radius 1 is 1.38 bits per heavy atom. The molecule has 6 heteroatoms. The van der Waals surface area contributed by atoms with Crippen LogP contribution in [0.1, 0.15) is 25.3 Å². The van der Waals surface area contributed by atoms with Gasteiger partial charge in [0.05, 0.1) is 6.54 Å². The van der Waals surface area contributed by atoms with Crippen molar-refractivity contribution in [3.05, 3.63) is 71.3 Å². The van der Waals surface area contributed by atoms with Crippen LogP contribution in [0.5, 0.6) is 0 Å². The van der Waals surface area contributed by atoms with Crippen molar-refractivity contribution in [3.8, 4) is 0 Å². The van der Waals surface area contributed by atoms with Gasteiger partial charge in [-0.2, -0.15) is 5.10 Å². The van der Waals surface area contributed by atoms with Crippen LogP contribution in [0, 0.1) is 11.6 Å². The molecule has 0 amide bonds. The summed E-state index contributed by atoms with van der Waals surface area (Å²) in [5.74, 6) is -1.20. The van der Waals surface area contributed by atoms with Crippen molar-refractivity contribution in [3.63, 3.8) is 0 Å². The summed E-state index contributed by atoms with van der Waals surface area (Å²) in [5.41, 5.74) is 1.78. The molecule has 1 saturated heterocycles. The van der Waals surface area contributed by atoms with E-state index in [-0.39, 0.29) is 6.10 Å². The summed E-state index contributed by atoms with van der Waals surface area (Å²) in [6, 6.07) is 3.62. The van der Waals surface area contributed by atoms with Crippen LogP contribution in [0.15, 0.2) is 54.2 Å². The molecule has 2 aliphatic rings. The van der Waals surface area contributed by atoms with E-state index in [2.05, 4.69) is 23.1 Å². The molecule has 0 spiro atoms. The van der Waals surface area contributed by atoms with E-state index in [1.54, 1.807) is 11.0 Å². The minimum absolute atomic E-state index is 0.266. The first kappa shape index (κ1) is 15.2. The molecule has 1 aromatic heterocycles. The van der Waals surface area contributed by atoms with Crippen LogP contribution in [-0.4, -0.2) is 20.9 Å². The summed E-state index contributed by atoms with van der Waals surface area (Å²) < 4.78 is 35.4. The van der Waals surface area contributed by atoms with Crippen LogP contribution in [0.25, 0.3) is 0 Å². The molecule has 1 fully saturated rings. The van der Waals surface area contributed by atoms with Crippen molar-refractivity contribution in [2.24, 2.45) is 0 Å². The SMILES string of the molecule is CC1=C([C@H]2O[C@]2(Cn2cncn2)c2ccc(F)cc2F)C=CCC1. The molecular formula is C18H17F2N3O. The molecule has 0 N–H and O–H groups in total. The molecule has 0 unspecified atom stereocenters. The Labute approximate surface area is 138 Å². The summed E-state index contributed by atoms with van der Waals surface area (Å²) >= 11 is 0. The van der Waals surface area contributed by atoms with Gasteiger partial charge in [0.1, 0.15) is 36.0 Å². The number of hydrogen-bond acceptors (Lipinski definition) is 3. The molecule has 0 saturated carbocycles. The quantitative estimate of drug-likeness (QED) is 0.806. The summed E-state index contributed by atoms with van der Waals surface area (Å²) in [7, 11) is 0. The zero-order valence-electron chi connectivity index (χ0n) is 13.2. The van der Waals surface area contributed by atoms with Gasteiger partial charge in [0.15, 0.2) is 0 Å². The zero-order valence-corrected chi connectivity index (χ0v) is 13.2. The Balaban J connectivity index is 1.76. The Bertz CT molecular complexity index is 829. The van der Waals surface area contributed by atoms with Crippen molar-refractivity contribution in [2.75, 3.05) is 0 Å². The molecule has 24 heavy (non-hydrogen) atoms. The molecule has 1 aromatic carbocycles. The number of allylic oxidation sites excluding steroid dienone is 2. The smallest absolute Gasteiger partial charge is 0.147 e. The lowest BCUT2D eigenvalue weighted by atomic mass is 9.87. The van der Waals surface area contributed by atoms with Crippen molar-refractivity contribution in [1.82, 2.24) is 14.8 Å². The topological polar surface area (TPSA) is 43.2 Å². The van der Waals surface area contributed by atoms with Crippen molar-refractivity contribution in [2.45, 2.75) is 38.0 Å². The molecule has 0 radical (unpaired) electrons. The fourth-order valence-corrected chi connectivity index (χ4v) is 3.40. The first-order valence-electron chi connectivity index (χ1n) is 7.92. The van der Waals surface area contributed by atoms with E-state index in [0.29, 0.717) is 12.1 Å². The minimum atomic E-state index is -0.885. The number of halogens is 2. The first-order chi connectivity index (χ1) is 11.6. The van der Waals surface area contributed by atoms with Gasteiger partial charge >= 0.3 is 0 Å². The van der Waals surface area contributed by atoms with Crippen LogP contribution in [0.3, 0.4) is 0 Å². The van der Waals surface area contributed by atoms with Gasteiger partial charge in [0, 0.05) is 11.6 Å². The third-order valence-electron chi connectivity index (χ3n) is 4.70. The lowest BCUT2D eigenvalue weighted by Crippen LogP contribution is -2.24. The van der Waals surface area contributed by atoms with E-state index < -0.39 is 17.2 Å². The largest absolute Gasteiger partial charge is 0.354 e. The van der Waals surface area contributed by atoms with Gasteiger partial charge in [-0.05, 0) is 31.4 Å². The van der Waals surface area contributed by atoms with E-state index in [4.69, 9.17) is 4.74 Å². The summed E-state index contributed by atoms with van der Waals surface area (Å²) in [4.78, 5) is 3.93. The minimum Gasteiger partial charge on any atom is -0.354 e. The molecular weight excluding hydrogens is 312 g/mol. The molecule has 2 atom stereocenters. The maximum Gasteiger partial charge on any atom is 0.147 e. The molecule has 4 nitrogen and oxygen atoms in total. The lowest BCUT2D eigenvalue weighted by molar-refractivity contribution is 0.258. The second kappa shape index (κ2) is 5.63. The summed E-state index contributed by atoms with van der Waals surface area (Å²) in [6.07, 6.45) is 8.86. The molecule has 4 rings (SSSR count). The van der Waals surface area contributed by atoms with Gasteiger partial charge in [0.25, 0.3) is 0 Å². The number of epoxide rings is 1. The highest BCUT2D eigenvalue weighted by Gasteiger charge is 2.61. The number of ether oxygens (including phenoxy) is 1. The summed E-state index contributed by atoms with van der Waals surface area (Å²) in [6.45, 7) is 2.40. The number of rotatable bonds is 4. The fraction of sp³-hybridized carbons (Fsp3) is 0.333. The number of benzene rings is 1. The van der Waals surface area contributed by atoms with E-state index >= 15 is 0 Å². The van der Waals surface area contributed by atoms with Crippen molar-refractivity contribution in [1.29, 1.82) is 0 Å². The Morgan fingerprint density at radius 2 is 2.25 bits per heavy atom. The van der Waals surface area contributed by atoms with Gasteiger partial charge in [-0.25, -0.2) is 18.4 Å². The second-order valence-electron chi connectivity index (χ2n) is 6.28. The van der Waals surface area contributed by atoms with Crippen LogP contribution >= 0.6 is 0 Å². The van der Waals surface area contributed by atoms with Gasteiger partial charge in [-0.3, -0.25) is 0 Å². The van der Waals surface area contributed by atoms with E-state index in [0.717, 1.165) is 24.5 Å². The maximum atomic E-state index is 14.5. The third-order valence-corrected chi connectivity index (χ3v) is 4.70. The van der Waals surface area contributed by atoms with Gasteiger partial charge in [-0.15, -0.1) is 0 Å². The van der Waals surface area contributed by atoms with Gasteiger partial charge in [-0.1, -0.05) is 23.8 Å². The van der Waals surface area contributed by atoms with Crippen molar-refractivity contribution >= 4 is 0 Å². The summed E-state index contributed by atoms with van der Waals surface area (Å²) in [5, 5.41) is 4.11. The molecule has 1 aliphatic heterocycles. The van der Waals surface area contributed by atoms with Gasteiger partial charge in [0.2, 0.25) is 0 Å². The highest BCUT2D eigenvalue weighted by Crippen LogP contribution is 2.53. The van der Waals surface area contributed by atoms with Gasteiger partial charge < -0.3 is 4.74 Å². The first-order valence-corrected chi connectivity index (χ1v) is 7.92. The Hall–Kier alpha value is -2.34. The number of nitrogens with zero attached hydrogens (tertiary/aromatic N) is 3. The monoisotopic (exact) mass is 329 g/mol. The lowest BCUT2D eigenvalue weighted by Gasteiger charge is -2.17. The molecule has 2 aromatic rings. The van der Waals surface area contributed by atoms with E-state index in [1.165, 1.54) is 24.0 Å². The molecule has 124 valence electrons. The predicted molar refractivity (Wildman–Crippen MR) is 84.0 cm³/mol. The van der Waals surface area contributed by atoms with E-state index in [9.17, 15) is 8.78 Å². The predicted octanol–water partition coefficient (Wildman–Crippen LogP) is 3.52. The second-order valence-corrected chi connectivity index (χ2v) is 6.28. The van der Waals surface area contributed by atoms with Crippen LogP contribution in [-0.2, 0) is 16.9 Å². The zero-order chi connectivity index (χ0) is 16.7. The number of aromatic nitrogens is 3. The average molecular weight is 329 g/mol. The average Bonchev–Trinajstić information content (AvgIpc) is 3.01. The fourth-order valence-electron chi connectivity index (χ4n) is 3.40.